The third-order valence-electron chi connectivity index (χ3n) is 16.3. The summed E-state index contributed by atoms with van der Waals surface area (Å²) in [6.45, 7) is 3.31. The van der Waals surface area contributed by atoms with Crippen LogP contribution in [0.25, 0.3) is 33.4 Å². The van der Waals surface area contributed by atoms with Crippen LogP contribution in [-0.2, 0) is 31.0 Å². The predicted octanol–water partition coefficient (Wildman–Crippen LogP) is 8.91. The van der Waals surface area contributed by atoms with Gasteiger partial charge >= 0.3 is 0 Å². The van der Waals surface area contributed by atoms with Gasteiger partial charge in [-0.1, -0.05) is 36.4 Å². The number of nitrogens with two attached hydrogens (primary N) is 3. The highest BCUT2D eigenvalue weighted by molar-refractivity contribution is 6.11. The Bertz CT molecular complexity index is 4050. The standard InChI is InChI=1S/3C23H21F2N5O2/c3*1-14-9-16(4-6-20(14)32-8-7-24)23(21(31)30(2)22(26)29-23)17-3-5-19(25)18(10-17)15-11-27-13-28-12-15/h3*3-6,9-13H,7-8H2,1-2H3,(H2,26,29)/t2*23-;/m10./s1. The normalized spacial score (nSPS) is 18.1. The van der Waals surface area contributed by atoms with Gasteiger partial charge in [0.25, 0.3) is 17.7 Å². The number of benzene rings is 6. The number of hydrogen-bond acceptors (Lipinski definition) is 18. The molecule has 3 aromatic heterocycles. The second kappa shape index (κ2) is 28.3. The van der Waals surface area contributed by atoms with E-state index in [1.807, 2.05) is 0 Å². The number of likely N-dealkylation sites (N-methyl/N-ethyl adjacent to an activating group) is 3. The second-order valence-electron chi connectivity index (χ2n) is 22.2. The lowest BCUT2D eigenvalue weighted by molar-refractivity contribution is -0.130. The first kappa shape index (κ1) is 67.3. The Kier molecular flexibility index (Phi) is 19.8. The monoisotopic (exact) mass is 1310 g/mol. The van der Waals surface area contributed by atoms with Crippen molar-refractivity contribution in [1.82, 2.24) is 44.6 Å². The van der Waals surface area contributed by atoms with E-state index in [4.69, 9.17) is 31.4 Å². The van der Waals surface area contributed by atoms with Crippen molar-refractivity contribution in [2.75, 3.05) is 61.0 Å². The molecule has 0 saturated carbocycles. The summed E-state index contributed by atoms with van der Waals surface area (Å²) >= 11 is 0. The Morgan fingerprint density at radius 2 is 0.604 bits per heavy atom. The smallest absolute Gasteiger partial charge is 0.266 e. The van der Waals surface area contributed by atoms with Gasteiger partial charge in [0.2, 0.25) is 0 Å². The molecule has 0 radical (unpaired) electrons. The van der Waals surface area contributed by atoms with E-state index in [-0.39, 0.29) is 72.1 Å². The molecule has 3 atom stereocenters. The van der Waals surface area contributed by atoms with E-state index in [9.17, 15) is 40.7 Å². The van der Waals surface area contributed by atoms with Crippen molar-refractivity contribution in [1.29, 1.82) is 0 Å². The van der Waals surface area contributed by atoms with E-state index in [2.05, 4.69) is 44.9 Å². The zero-order valence-corrected chi connectivity index (χ0v) is 52.6. The highest BCUT2D eigenvalue weighted by atomic mass is 19.1. The highest BCUT2D eigenvalue weighted by Gasteiger charge is 2.52. The van der Waals surface area contributed by atoms with Gasteiger partial charge in [-0.2, -0.15) is 0 Å². The first-order valence-electron chi connectivity index (χ1n) is 29.6. The van der Waals surface area contributed by atoms with E-state index in [0.29, 0.717) is 84.0 Å². The first-order valence-corrected chi connectivity index (χ1v) is 29.6. The minimum atomic E-state index is -1.51. The van der Waals surface area contributed by atoms with Gasteiger partial charge in [-0.25, -0.2) is 71.2 Å². The largest absolute Gasteiger partial charge is 0.491 e. The first-order chi connectivity index (χ1) is 46.1. The van der Waals surface area contributed by atoms with Crippen molar-refractivity contribution in [3.63, 3.8) is 0 Å². The fraction of sp³-hybridized carbons (Fsp3) is 0.217. The average molecular weight is 1310 g/mol. The van der Waals surface area contributed by atoms with Crippen LogP contribution < -0.4 is 31.4 Å². The molecule has 0 fully saturated rings. The molecule has 3 aliphatic rings. The number of aromatic nitrogens is 6. The zero-order chi connectivity index (χ0) is 68.6. The lowest BCUT2D eigenvalue weighted by Gasteiger charge is -2.27. The number of aliphatic imine (C=N–C) groups is 3. The number of guanidine groups is 3. The van der Waals surface area contributed by atoms with Crippen LogP contribution >= 0.6 is 0 Å². The molecule has 1 unspecified atom stereocenters. The summed E-state index contributed by atoms with van der Waals surface area (Å²) in [6.07, 6.45) is 13.0. The van der Waals surface area contributed by atoms with Crippen LogP contribution in [0.4, 0.5) is 26.3 Å². The third kappa shape index (κ3) is 12.7. The molecule has 96 heavy (non-hydrogen) atoms. The topological polar surface area (TPSA) is 281 Å². The zero-order valence-electron chi connectivity index (χ0n) is 52.6. The molecular formula is C69H63F6N15O6. The molecule has 12 rings (SSSR count). The summed E-state index contributed by atoms with van der Waals surface area (Å²) in [5.74, 6) is -0.980. The number of rotatable bonds is 18. The Labute approximate surface area is 547 Å². The van der Waals surface area contributed by atoms with Gasteiger partial charge in [-0.15, -0.1) is 0 Å². The summed E-state index contributed by atoms with van der Waals surface area (Å²) in [4.78, 5) is 81.5. The van der Waals surface area contributed by atoms with E-state index in [0.717, 1.165) is 0 Å². The SMILES string of the molecule is Cc1cc(C2(c3ccc(F)c(-c4cncnc4)c3)N=C(N)N(C)C2=O)ccc1OCCF.Cc1cc([C@@]2(c3ccc(F)c(-c4cncnc4)c3)N=C(N)N(C)C2=O)ccc1OCCF.Cc1cc([C@]2(c3ccc(F)c(-c4cncnc4)c3)N=C(N)N(C)C2=O)ccc1OCCF. The average Bonchev–Trinajstić information content (AvgIpc) is 1.55. The molecular weight excluding hydrogens is 1250 g/mol. The van der Waals surface area contributed by atoms with Gasteiger partial charge in [0.05, 0.1) is 0 Å². The number of aryl methyl sites for hydroxylation is 3. The van der Waals surface area contributed by atoms with E-state index < -0.39 is 54.1 Å². The van der Waals surface area contributed by atoms with E-state index in [1.165, 1.54) is 128 Å². The summed E-state index contributed by atoms with van der Waals surface area (Å²) in [7, 11) is 4.60. The van der Waals surface area contributed by atoms with Gasteiger partial charge in [0.15, 0.2) is 34.5 Å². The van der Waals surface area contributed by atoms with Gasteiger partial charge in [-0.3, -0.25) is 29.1 Å². The van der Waals surface area contributed by atoms with Crippen molar-refractivity contribution >= 4 is 35.6 Å². The summed E-state index contributed by atoms with van der Waals surface area (Å²) in [6, 6.07) is 28.3. The van der Waals surface area contributed by atoms with Gasteiger partial charge in [0, 0.05) is 91.7 Å². The maximum Gasteiger partial charge on any atom is 0.266 e. The molecule has 0 aliphatic carbocycles. The fourth-order valence-corrected chi connectivity index (χ4v) is 11.3. The number of nitrogens with zero attached hydrogens (tertiary/aromatic N) is 12. The van der Waals surface area contributed by atoms with Crippen LogP contribution in [0.1, 0.15) is 50.1 Å². The molecule has 6 heterocycles. The van der Waals surface area contributed by atoms with Crippen molar-refractivity contribution in [2.24, 2.45) is 32.2 Å². The molecule has 0 bridgehead atoms. The number of amides is 3. The lowest BCUT2D eigenvalue weighted by atomic mass is 9.81. The quantitative estimate of drug-likeness (QED) is 0.0676. The Morgan fingerprint density at radius 1 is 0.375 bits per heavy atom. The number of carbonyl (C=O) groups is 3. The van der Waals surface area contributed by atoms with Crippen LogP contribution in [0.5, 0.6) is 17.2 Å². The van der Waals surface area contributed by atoms with E-state index >= 15 is 0 Å². The summed E-state index contributed by atoms with van der Waals surface area (Å²) in [5.41, 5.74) is 20.6. The van der Waals surface area contributed by atoms with Crippen molar-refractivity contribution in [3.05, 3.63) is 233 Å². The molecule has 492 valence electrons. The van der Waals surface area contributed by atoms with Gasteiger partial charge < -0.3 is 31.4 Å². The number of carbonyl (C=O) groups excluding carboxylic acids is 3. The van der Waals surface area contributed by atoms with Crippen LogP contribution in [0.2, 0.25) is 0 Å². The minimum absolute atomic E-state index is 0.0410. The molecule has 3 amide bonds. The second-order valence-corrected chi connectivity index (χ2v) is 22.2. The molecule has 27 heteroatoms. The molecule has 6 N–H and O–H groups in total. The lowest BCUT2D eigenvalue weighted by Crippen LogP contribution is -2.41. The number of alkyl halides is 3. The number of hydrogen-bond donors (Lipinski definition) is 3. The van der Waals surface area contributed by atoms with Crippen molar-refractivity contribution in [3.8, 4) is 50.6 Å². The number of halogens is 6. The van der Waals surface area contributed by atoms with Crippen LogP contribution in [-0.4, -0.2) is 141 Å². The van der Waals surface area contributed by atoms with Crippen LogP contribution in [0, 0.1) is 38.2 Å². The fourth-order valence-electron chi connectivity index (χ4n) is 11.3. The Hall–Kier alpha value is -11.6. The Morgan fingerprint density at radius 3 is 0.812 bits per heavy atom. The minimum Gasteiger partial charge on any atom is -0.491 e. The summed E-state index contributed by atoms with van der Waals surface area (Å²) < 4.78 is 97.9. The van der Waals surface area contributed by atoms with Crippen molar-refractivity contribution < 1.29 is 54.9 Å². The van der Waals surface area contributed by atoms with Crippen LogP contribution in [0.3, 0.4) is 0 Å². The molecule has 21 nitrogen and oxygen atoms in total. The van der Waals surface area contributed by atoms with Gasteiger partial charge in [-0.05, 0) is 144 Å². The summed E-state index contributed by atoms with van der Waals surface area (Å²) in [5, 5.41) is 0. The third-order valence-corrected chi connectivity index (χ3v) is 16.3. The van der Waals surface area contributed by atoms with Gasteiger partial charge in [0.1, 0.15) is 93.5 Å². The number of ether oxygens (including phenoxy) is 3. The van der Waals surface area contributed by atoms with Crippen LogP contribution in [0.15, 0.2) is 180 Å². The maximum atomic E-state index is 14.7. The molecule has 0 saturated heterocycles. The molecule has 3 aliphatic heterocycles. The Balaban J connectivity index is 0.000000157. The predicted molar refractivity (Wildman–Crippen MR) is 346 cm³/mol. The molecule has 9 aromatic rings. The van der Waals surface area contributed by atoms with Crippen molar-refractivity contribution in [2.45, 2.75) is 37.4 Å². The molecule has 6 aromatic carbocycles. The molecule has 0 spiro atoms. The van der Waals surface area contributed by atoms with E-state index in [1.54, 1.807) is 93.6 Å². The maximum absolute atomic E-state index is 14.7. The highest BCUT2D eigenvalue weighted by Crippen LogP contribution is 2.46.